The van der Waals surface area contributed by atoms with E-state index < -0.39 is 0 Å². The van der Waals surface area contributed by atoms with E-state index in [9.17, 15) is 0 Å². The lowest BCUT2D eigenvalue weighted by atomic mass is 10.1. The number of ether oxygens (including phenoxy) is 1. The molecule has 0 amide bonds. The van der Waals surface area contributed by atoms with Crippen molar-refractivity contribution in [1.29, 1.82) is 0 Å². The summed E-state index contributed by atoms with van der Waals surface area (Å²) in [5.74, 6) is 1.82. The molecule has 0 unspecified atom stereocenters. The SMILES string of the molecule is COc1ccc(-c2nc(Br)c(CCN)n2C)cc1C. The summed E-state index contributed by atoms with van der Waals surface area (Å²) >= 11 is 3.50. The van der Waals surface area contributed by atoms with Gasteiger partial charge in [0.2, 0.25) is 0 Å². The highest BCUT2D eigenvalue weighted by Crippen LogP contribution is 2.28. The quantitative estimate of drug-likeness (QED) is 0.941. The molecular weight excluding hydrogens is 306 g/mol. The van der Waals surface area contributed by atoms with Crippen LogP contribution in [0.5, 0.6) is 5.75 Å². The Bertz CT molecular complexity index is 593. The topological polar surface area (TPSA) is 53.1 Å². The number of benzene rings is 1. The number of methoxy groups -OCH3 is 1. The number of nitrogens with zero attached hydrogens (tertiary/aromatic N) is 2. The number of hydrogen-bond acceptors (Lipinski definition) is 3. The Morgan fingerprint density at radius 1 is 1.42 bits per heavy atom. The van der Waals surface area contributed by atoms with Crippen LogP contribution in [0.15, 0.2) is 22.8 Å². The van der Waals surface area contributed by atoms with Gasteiger partial charge in [-0.15, -0.1) is 0 Å². The van der Waals surface area contributed by atoms with E-state index in [1.165, 1.54) is 0 Å². The fourth-order valence-electron chi connectivity index (χ4n) is 2.18. The fraction of sp³-hybridized carbons (Fsp3) is 0.357. The molecule has 0 aliphatic heterocycles. The first-order valence-electron chi connectivity index (χ1n) is 6.14. The van der Waals surface area contributed by atoms with Crippen LogP contribution in [0, 0.1) is 6.92 Å². The van der Waals surface area contributed by atoms with Crippen LogP contribution in [0.3, 0.4) is 0 Å². The second-order valence-corrected chi connectivity index (χ2v) is 5.21. The summed E-state index contributed by atoms with van der Waals surface area (Å²) in [6, 6.07) is 6.07. The first-order valence-corrected chi connectivity index (χ1v) is 6.94. The van der Waals surface area contributed by atoms with Crippen molar-refractivity contribution in [3.05, 3.63) is 34.1 Å². The van der Waals surface area contributed by atoms with Gasteiger partial charge < -0.3 is 15.0 Å². The molecule has 0 atom stereocenters. The molecular formula is C14H18BrN3O. The van der Waals surface area contributed by atoms with E-state index in [0.29, 0.717) is 6.54 Å². The highest BCUT2D eigenvalue weighted by atomic mass is 79.9. The molecule has 0 spiro atoms. The molecule has 102 valence electrons. The van der Waals surface area contributed by atoms with Gasteiger partial charge in [-0.3, -0.25) is 0 Å². The molecule has 0 aliphatic rings. The minimum Gasteiger partial charge on any atom is -0.496 e. The number of halogens is 1. The summed E-state index contributed by atoms with van der Waals surface area (Å²) < 4.78 is 8.23. The van der Waals surface area contributed by atoms with Gasteiger partial charge in [-0.2, -0.15) is 0 Å². The Morgan fingerprint density at radius 2 is 2.16 bits per heavy atom. The zero-order valence-corrected chi connectivity index (χ0v) is 13.0. The second-order valence-electron chi connectivity index (χ2n) is 4.46. The van der Waals surface area contributed by atoms with Gasteiger partial charge in [0.15, 0.2) is 0 Å². The average Bonchev–Trinajstić information content (AvgIpc) is 2.67. The number of hydrogen-bond donors (Lipinski definition) is 1. The number of nitrogens with two attached hydrogens (primary N) is 1. The molecule has 0 radical (unpaired) electrons. The lowest BCUT2D eigenvalue weighted by Gasteiger charge is -2.08. The summed E-state index contributed by atoms with van der Waals surface area (Å²) in [4.78, 5) is 4.58. The molecule has 0 saturated heterocycles. The molecule has 0 aliphatic carbocycles. The molecule has 0 fully saturated rings. The van der Waals surface area contributed by atoms with E-state index in [1.807, 2.05) is 26.1 Å². The lowest BCUT2D eigenvalue weighted by Crippen LogP contribution is -2.07. The smallest absolute Gasteiger partial charge is 0.141 e. The number of rotatable bonds is 4. The zero-order valence-electron chi connectivity index (χ0n) is 11.4. The second kappa shape index (κ2) is 5.75. The highest BCUT2D eigenvalue weighted by Gasteiger charge is 2.14. The molecule has 2 N–H and O–H groups in total. The molecule has 1 aromatic heterocycles. The van der Waals surface area contributed by atoms with Gasteiger partial charge in [0.05, 0.1) is 12.8 Å². The van der Waals surface area contributed by atoms with Crippen molar-refractivity contribution in [3.8, 4) is 17.1 Å². The standard InChI is InChI=1S/C14H18BrN3O/c1-9-8-10(4-5-12(9)19-3)14-17-13(15)11(6-7-16)18(14)2/h4-5,8H,6-7,16H2,1-3H3. The molecule has 1 heterocycles. The summed E-state index contributed by atoms with van der Waals surface area (Å²) in [5, 5.41) is 0. The summed E-state index contributed by atoms with van der Waals surface area (Å²) in [6.07, 6.45) is 0.805. The van der Waals surface area contributed by atoms with Crippen LogP contribution < -0.4 is 10.5 Å². The van der Waals surface area contributed by atoms with Gasteiger partial charge >= 0.3 is 0 Å². The van der Waals surface area contributed by atoms with Gasteiger partial charge in [0.25, 0.3) is 0 Å². The van der Waals surface area contributed by atoms with Gasteiger partial charge in [0, 0.05) is 19.0 Å². The molecule has 4 nitrogen and oxygen atoms in total. The normalized spacial score (nSPS) is 10.8. The predicted octanol–water partition coefficient (Wildman–Crippen LogP) is 2.67. The Balaban J connectivity index is 2.47. The van der Waals surface area contributed by atoms with E-state index in [1.54, 1.807) is 7.11 Å². The summed E-state index contributed by atoms with van der Waals surface area (Å²) in [5.41, 5.74) is 8.92. The number of aryl methyl sites for hydroxylation is 1. The maximum Gasteiger partial charge on any atom is 0.141 e. The van der Waals surface area contributed by atoms with Crippen LogP contribution in [0.25, 0.3) is 11.4 Å². The first-order chi connectivity index (χ1) is 9.08. The maximum atomic E-state index is 5.63. The summed E-state index contributed by atoms with van der Waals surface area (Å²) in [6.45, 7) is 2.64. The maximum absolute atomic E-state index is 5.63. The zero-order chi connectivity index (χ0) is 14.0. The monoisotopic (exact) mass is 323 g/mol. The molecule has 0 bridgehead atoms. The highest BCUT2D eigenvalue weighted by molar-refractivity contribution is 9.10. The van der Waals surface area contributed by atoms with E-state index in [2.05, 4.69) is 31.5 Å². The summed E-state index contributed by atoms with van der Waals surface area (Å²) in [7, 11) is 3.69. The van der Waals surface area contributed by atoms with Crippen molar-refractivity contribution in [2.45, 2.75) is 13.3 Å². The largest absolute Gasteiger partial charge is 0.496 e. The molecule has 19 heavy (non-hydrogen) atoms. The number of imidazole rings is 1. The van der Waals surface area contributed by atoms with E-state index in [-0.39, 0.29) is 0 Å². The van der Waals surface area contributed by atoms with Crippen molar-refractivity contribution in [1.82, 2.24) is 9.55 Å². The van der Waals surface area contributed by atoms with Crippen LogP contribution in [0.2, 0.25) is 0 Å². The molecule has 2 rings (SSSR count). The van der Waals surface area contributed by atoms with E-state index >= 15 is 0 Å². The molecule has 1 aromatic carbocycles. The average molecular weight is 324 g/mol. The van der Waals surface area contributed by atoms with Crippen molar-refractivity contribution < 1.29 is 4.74 Å². The predicted molar refractivity (Wildman–Crippen MR) is 80.4 cm³/mol. The molecule has 5 heteroatoms. The fourth-order valence-corrected chi connectivity index (χ4v) is 2.81. The van der Waals surface area contributed by atoms with Gasteiger partial charge in [-0.1, -0.05) is 0 Å². The Hall–Kier alpha value is -1.33. The number of aromatic nitrogens is 2. The lowest BCUT2D eigenvalue weighted by molar-refractivity contribution is 0.412. The van der Waals surface area contributed by atoms with Gasteiger partial charge in [0.1, 0.15) is 16.2 Å². The van der Waals surface area contributed by atoms with E-state index in [0.717, 1.165) is 39.4 Å². The molecule has 0 saturated carbocycles. The van der Waals surface area contributed by atoms with Crippen LogP contribution in [-0.4, -0.2) is 23.2 Å². The Morgan fingerprint density at radius 3 is 2.74 bits per heavy atom. The van der Waals surface area contributed by atoms with Crippen LogP contribution >= 0.6 is 15.9 Å². The molecule has 2 aromatic rings. The van der Waals surface area contributed by atoms with Crippen LogP contribution in [0.1, 0.15) is 11.3 Å². The Kier molecular flexibility index (Phi) is 4.27. The van der Waals surface area contributed by atoms with Crippen molar-refractivity contribution >= 4 is 15.9 Å². The minimum absolute atomic E-state index is 0.610. The van der Waals surface area contributed by atoms with E-state index in [4.69, 9.17) is 10.5 Å². The third kappa shape index (κ3) is 2.67. The first kappa shape index (κ1) is 14.1. The minimum atomic E-state index is 0.610. The third-order valence-corrected chi connectivity index (χ3v) is 3.83. The Labute approximate surface area is 121 Å². The third-order valence-electron chi connectivity index (χ3n) is 3.20. The van der Waals surface area contributed by atoms with Crippen molar-refractivity contribution in [2.75, 3.05) is 13.7 Å². The van der Waals surface area contributed by atoms with Crippen LogP contribution in [0.4, 0.5) is 0 Å². The van der Waals surface area contributed by atoms with Crippen LogP contribution in [-0.2, 0) is 13.5 Å². The van der Waals surface area contributed by atoms with Crippen molar-refractivity contribution in [2.24, 2.45) is 12.8 Å². The van der Waals surface area contributed by atoms with Gasteiger partial charge in [-0.25, -0.2) is 4.98 Å². The van der Waals surface area contributed by atoms with Gasteiger partial charge in [-0.05, 0) is 53.2 Å². The van der Waals surface area contributed by atoms with Crippen molar-refractivity contribution in [3.63, 3.8) is 0 Å².